The van der Waals surface area contributed by atoms with Gasteiger partial charge in [0, 0.05) is 30.7 Å². The van der Waals surface area contributed by atoms with Crippen molar-refractivity contribution in [2.24, 2.45) is 0 Å². The van der Waals surface area contributed by atoms with Gasteiger partial charge in [-0.1, -0.05) is 0 Å². The first-order chi connectivity index (χ1) is 7.31. The van der Waals surface area contributed by atoms with Gasteiger partial charge in [0.15, 0.2) is 5.01 Å². The zero-order valence-corrected chi connectivity index (χ0v) is 8.87. The SMILES string of the molecule is O=CN[C@H]1CCN(C(=O)c2nccs2)C1. The number of hydrogen-bond acceptors (Lipinski definition) is 4. The number of thiazole rings is 1. The lowest BCUT2D eigenvalue weighted by Gasteiger charge is -2.14. The van der Waals surface area contributed by atoms with Crippen molar-refractivity contribution in [1.29, 1.82) is 0 Å². The van der Waals surface area contributed by atoms with Gasteiger partial charge in [0.2, 0.25) is 6.41 Å². The van der Waals surface area contributed by atoms with E-state index in [1.165, 1.54) is 11.3 Å². The number of aromatic nitrogens is 1. The second-order valence-corrected chi connectivity index (χ2v) is 4.25. The van der Waals surface area contributed by atoms with Crippen LogP contribution in [-0.2, 0) is 4.79 Å². The quantitative estimate of drug-likeness (QED) is 0.742. The first-order valence-electron chi connectivity index (χ1n) is 4.69. The summed E-state index contributed by atoms with van der Waals surface area (Å²) >= 11 is 1.34. The fourth-order valence-corrected chi connectivity index (χ4v) is 2.24. The van der Waals surface area contributed by atoms with Crippen LogP contribution in [0.4, 0.5) is 0 Å². The molecule has 15 heavy (non-hydrogen) atoms. The van der Waals surface area contributed by atoms with Gasteiger partial charge in [-0.15, -0.1) is 11.3 Å². The van der Waals surface area contributed by atoms with Crippen LogP contribution < -0.4 is 5.32 Å². The molecule has 0 spiro atoms. The van der Waals surface area contributed by atoms with Crippen molar-refractivity contribution < 1.29 is 9.59 Å². The summed E-state index contributed by atoms with van der Waals surface area (Å²) in [7, 11) is 0. The van der Waals surface area contributed by atoms with Gasteiger partial charge in [-0.05, 0) is 6.42 Å². The van der Waals surface area contributed by atoms with Crippen LogP contribution in [0.5, 0.6) is 0 Å². The van der Waals surface area contributed by atoms with Gasteiger partial charge in [-0.3, -0.25) is 9.59 Å². The summed E-state index contributed by atoms with van der Waals surface area (Å²) in [6, 6.07) is 0.0893. The molecule has 1 aliphatic rings. The molecule has 0 unspecified atom stereocenters. The molecule has 80 valence electrons. The summed E-state index contributed by atoms with van der Waals surface area (Å²) in [5, 5.41) is 4.98. The van der Waals surface area contributed by atoms with E-state index < -0.39 is 0 Å². The zero-order chi connectivity index (χ0) is 10.7. The number of hydrogen-bond donors (Lipinski definition) is 1. The second-order valence-electron chi connectivity index (χ2n) is 3.36. The van der Waals surface area contributed by atoms with Crippen molar-refractivity contribution in [2.45, 2.75) is 12.5 Å². The Balaban J connectivity index is 1.96. The fraction of sp³-hybridized carbons (Fsp3) is 0.444. The number of nitrogens with zero attached hydrogens (tertiary/aromatic N) is 2. The number of rotatable bonds is 3. The fourth-order valence-electron chi connectivity index (χ4n) is 1.64. The molecule has 0 radical (unpaired) electrons. The largest absolute Gasteiger partial charge is 0.354 e. The van der Waals surface area contributed by atoms with E-state index in [1.54, 1.807) is 16.5 Å². The molecule has 1 saturated heterocycles. The van der Waals surface area contributed by atoms with Crippen molar-refractivity contribution in [3.05, 3.63) is 16.6 Å². The minimum absolute atomic E-state index is 0.0415. The molecule has 0 saturated carbocycles. The van der Waals surface area contributed by atoms with E-state index in [1.807, 2.05) is 0 Å². The Labute approximate surface area is 91.1 Å². The second kappa shape index (κ2) is 4.39. The lowest BCUT2D eigenvalue weighted by atomic mass is 10.3. The Morgan fingerprint density at radius 1 is 1.73 bits per heavy atom. The van der Waals surface area contributed by atoms with E-state index >= 15 is 0 Å². The first kappa shape index (κ1) is 10.1. The highest BCUT2D eigenvalue weighted by Gasteiger charge is 2.27. The number of nitrogens with one attached hydrogen (secondary N) is 1. The summed E-state index contributed by atoms with van der Waals surface area (Å²) in [6.45, 7) is 1.26. The third-order valence-electron chi connectivity index (χ3n) is 2.39. The third-order valence-corrected chi connectivity index (χ3v) is 3.16. The average molecular weight is 225 g/mol. The molecule has 1 aliphatic heterocycles. The topological polar surface area (TPSA) is 62.3 Å². The summed E-state index contributed by atoms with van der Waals surface area (Å²) in [6.07, 6.45) is 3.12. The summed E-state index contributed by atoms with van der Waals surface area (Å²) in [5.74, 6) is -0.0415. The van der Waals surface area contributed by atoms with Crippen molar-refractivity contribution in [3.8, 4) is 0 Å². The predicted octanol–water partition coefficient (Wildman–Crippen LogP) is 0.104. The lowest BCUT2D eigenvalue weighted by Crippen LogP contribution is -2.34. The van der Waals surface area contributed by atoms with Crippen LogP contribution in [0.1, 0.15) is 16.2 Å². The van der Waals surface area contributed by atoms with Crippen LogP contribution in [0.3, 0.4) is 0 Å². The van der Waals surface area contributed by atoms with Gasteiger partial charge in [0.05, 0.1) is 0 Å². The van der Waals surface area contributed by atoms with Crippen molar-refractivity contribution >= 4 is 23.7 Å². The highest BCUT2D eigenvalue weighted by atomic mass is 32.1. The minimum Gasteiger partial charge on any atom is -0.354 e. The zero-order valence-electron chi connectivity index (χ0n) is 8.05. The van der Waals surface area contributed by atoms with Crippen LogP contribution >= 0.6 is 11.3 Å². The first-order valence-corrected chi connectivity index (χ1v) is 5.57. The van der Waals surface area contributed by atoms with Crippen molar-refractivity contribution in [1.82, 2.24) is 15.2 Å². The van der Waals surface area contributed by atoms with E-state index in [0.717, 1.165) is 6.42 Å². The Hall–Kier alpha value is -1.43. The molecule has 2 heterocycles. The van der Waals surface area contributed by atoms with E-state index in [9.17, 15) is 9.59 Å². The van der Waals surface area contributed by atoms with Crippen LogP contribution in [0.15, 0.2) is 11.6 Å². The van der Waals surface area contributed by atoms with Crippen LogP contribution in [0.25, 0.3) is 0 Å². The summed E-state index contributed by atoms with van der Waals surface area (Å²) in [4.78, 5) is 27.7. The number of carbonyl (C=O) groups excluding carboxylic acids is 2. The summed E-state index contributed by atoms with van der Waals surface area (Å²) < 4.78 is 0. The van der Waals surface area contributed by atoms with Crippen molar-refractivity contribution in [2.75, 3.05) is 13.1 Å². The highest BCUT2D eigenvalue weighted by molar-refractivity contribution is 7.11. The Morgan fingerprint density at radius 3 is 3.27 bits per heavy atom. The Bertz CT molecular complexity index is 352. The molecule has 6 heteroatoms. The monoisotopic (exact) mass is 225 g/mol. The molecular formula is C9H11N3O2S. The number of carbonyl (C=O) groups is 2. The molecule has 1 aromatic heterocycles. The Morgan fingerprint density at radius 2 is 2.60 bits per heavy atom. The van der Waals surface area contributed by atoms with E-state index in [2.05, 4.69) is 10.3 Å². The molecule has 0 aromatic carbocycles. The van der Waals surface area contributed by atoms with Crippen LogP contribution in [0.2, 0.25) is 0 Å². The van der Waals surface area contributed by atoms with Crippen LogP contribution in [0, 0.1) is 0 Å². The van der Waals surface area contributed by atoms with Crippen molar-refractivity contribution in [3.63, 3.8) is 0 Å². The van der Waals surface area contributed by atoms with Crippen LogP contribution in [-0.4, -0.2) is 41.3 Å². The maximum atomic E-state index is 11.8. The molecule has 1 aromatic rings. The predicted molar refractivity (Wildman–Crippen MR) is 55.6 cm³/mol. The number of likely N-dealkylation sites (tertiary alicyclic amines) is 1. The lowest BCUT2D eigenvalue weighted by molar-refractivity contribution is -0.110. The maximum Gasteiger partial charge on any atom is 0.282 e. The maximum absolute atomic E-state index is 11.8. The highest BCUT2D eigenvalue weighted by Crippen LogP contribution is 2.14. The minimum atomic E-state index is -0.0415. The van der Waals surface area contributed by atoms with E-state index in [-0.39, 0.29) is 11.9 Å². The molecule has 1 atom stereocenters. The summed E-state index contributed by atoms with van der Waals surface area (Å²) in [5.41, 5.74) is 0. The smallest absolute Gasteiger partial charge is 0.282 e. The molecule has 1 N–H and O–H groups in total. The van der Waals surface area contributed by atoms with Gasteiger partial charge in [0.1, 0.15) is 0 Å². The van der Waals surface area contributed by atoms with Gasteiger partial charge >= 0.3 is 0 Å². The normalized spacial score (nSPS) is 20.3. The third kappa shape index (κ3) is 2.15. The molecule has 1 fully saturated rings. The number of amides is 2. The average Bonchev–Trinajstić information content (AvgIpc) is 2.87. The molecular weight excluding hydrogens is 214 g/mol. The van der Waals surface area contributed by atoms with Gasteiger partial charge in [-0.25, -0.2) is 4.98 Å². The van der Waals surface area contributed by atoms with Gasteiger partial charge < -0.3 is 10.2 Å². The standard InChI is InChI=1S/C9H11N3O2S/c13-6-11-7-1-3-12(5-7)9(14)8-10-2-4-15-8/h2,4,6-7H,1,3,5H2,(H,11,13)/t7-/m0/s1. The van der Waals surface area contributed by atoms with E-state index in [0.29, 0.717) is 24.5 Å². The molecule has 0 aliphatic carbocycles. The Kier molecular flexibility index (Phi) is 2.96. The van der Waals surface area contributed by atoms with Gasteiger partial charge in [-0.2, -0.15) is 0 Å². The molecule has 2 amide bonds. The molecule has 0 bridgehead atoms. The van der Waals surface area contributed by atoms with Gasteiger partial charge in [0.25, 0.3) is 5.91 Å². The molecule has 2 rings (SSSR count). The van der Waals surface area contributed by atoms with E-state index in [4.69, 9.17) is 0 Å². The molecule has 5 nitrogen and oxygen atoms in total.